The Balaban J connectivity index is 0. The van der Waals surface area contributed by atoms with Crippen LogP contribution in [0.5, 0.6) is 0 Å². The normalized spacial score (nSPS) is 6.00. The molecule has 0 saturated carbocycles. The molecule has 0 nitrogen and oxygen atoms in total. The van der Waals surface area contributed by atoms with Gasteiger partial charge in [0.05, 0.1) is 0 Å². The van der Waals surface area contributed by atoms with Gasteiger partial charge >= 0.3 is 48.9 Å². The van der Waals surface area contributed by atoms with Crippen LogP contribution in [0.15, 0.2) is 0 Å². The van der Waals surface area contributed by atoms with Gasteiger partial charge in [0.2, 0.25) is 0 Å². The summed E-state index contributed by atoms with van der Waals surface area (Å²) in [6.45, 7) is 0. The summed E-state index contributed by atoms with van der Waals surface area (Å²) in [6.07, 6.45) is 0. The minimum atomic E-state index is 0. The Morgan fingerprint density at radius 2 is 1.20 bits per heavy atom. The summed E-state index contributed by atoms with van der Waals surface area (Å²) in [5.74, 6) is 0. The third kappa shape index (κ3) is 10.9. The maximum atomic E-state index is 3.72. The molecule has 0 N–H and O–H groups in total. The fraction of sp³-hybridized carbons (Fsp3) is 0. The van der Waals surface area contributed by atoms with E-state index in [-0.39, 0.29) is 48.9 Å². The van der Waals surface area contributed by atoms with E-state index < -0.39 is 0 Å². The van der Waals surface area contributed by atoms with Crippen molar-refractivity contribution in [1.29, 1.82) is 0 Å². The summed E-state index contributed by atoms with van der Waals surface area (Å²) >= 11 is 7.45. The van der Waals surface area contributed by atoms with Crippen molar-refractivity contribution in [2.75, 3.05) is 0 Å². The first-order chi connectivity index (χ1) is 1.91. The second kappa shape index (κ2) is 10.1. The van der Waals surface area contributed by atoms with Crippen molar-refractivity contribution in [3.8, 4) is 0 Å². The van der Waals surface area contributed by atoms with Gasteiger partial charge in [-0.05, 0) is 19.7 Å². The molecule has 0 aliphatic carbocycles. The van der Waals surface area contributed by atoms with Crippen LogP contribution in [-0.2, 0) is 0 Å². The first-order valence-corrected chi connectivity index (χ1v) is 4.79. The molecular formula is H4BaS4. The van der Waals surface area contributed by atoms with Crippen LogP contribution < -0.4 is 0 Å². The van der Waals surface area contributed by atoms with Gasteiger partial charge in [0.15, 0.2) is 0 Å². The molecule has 0 aromatic rings. The van der Waals surface area contributed by atoms with Crippen molar-refractivity contribution in [3.63, 3.8) is 0 Å². The van der Waals surface area contributed by atoms with Gasteiger partial charge in [0.1, 0.15) is 0 Å². The van der Waals surface area contributed by atoms with E-state index in [1.165, 1.54) is 19.7 Å². The van der Waals surface area contributed by atoms with Crippen LogP contribution in [0, 0.1) is 0 Å². The number of thiol groups is 2. The van der Waals surface area contributed by atoms with Crippen LogP contribution in [-0.4, -0.2) is 48.9 Å². The summed E-state index contributed by atoms with van der Waals surface area (Å²) in [6, 6.07) is 0. The van der Waals surface area contributed by atoms with Crippen molar-refractivity contribution < 1.29 is 0 Å². The van der Waals surface area contributed by atoms with Crippen molar-refractivity contribution in [1.82, 2.24) is 0 Å². The molecule has 0 bridgehead atoms. The molecule has 0 fully saturated rings. The fourth-order valence-corrected chi connectivity index (χ4v) is 0. The SMILES string of the molecule is SSSS.[BaH2]. The van der Waals surface area contributed by atoms with Gasteiger partial charge in [-0.3, -0.25) is 0 Å². The Morgan fingerprint density at radius 1 is 1.00 bits per heavy atom. The third-order valence-electron chi connectivity index (χ3n) is 0.0333. The van der Waals surface area contributed by atoms with E-state index >= 15 is 0 Å². The van der Waals surface area contributed by atoms with Gasteiger partial charge in [-0.25, -0.2) is 0 Å². The van der Waals surface area contributed by atoms with Gasteiger partial charge in [-0.1, -0.05) is 23.3 Å². The molecule has 0 amide bonds. The molecule has 5 heavy (non-hydrogen) atoms. The number of hydrogen-bond donors (Lipinski definition) is 2. The van der Waals surface area contributed by atoms with Crippen LogP contribution in [0.1, 0.15) is 0 Å². The second-order valence-corrected chi connectivity index (χ2v) is 4.02. The molecule has 5 heteroatoms. The molecule has 0 unspecified atom stereocenters. The van der Waals surface area contributed by atoms with Crippen LogP contribution in [0.4, 0.5) is 0 Å². The first-order valence-electron chi connectivity index (χ1n) is 0.532. The molecular weight excluding hydrogens is 266 g/mol. The molecule has 0 rings (SSSR count). The molecule has 0 spiro atoms. The zero-order chi connectivity index (χ0) is 3.41. The average Bonchev–Trinajstić information content (AvgIpc) is 1.37. The standard InChI is InChI=1S/Ba.H2S4.2H/c;1-3-4-2;;/h;1-2H;;. The predicted molar refractivity (Wildman–Crippen MR) is 41.7 cm³/mol. The van der Waals surface area contributed by atoms with Gasteiger partial charge in [-0.2, -0.15) is 0 Å². The van der Waals surface area contributed by atoms with Crippen LogP contribution >= 0.6 is 43.0 Å². The van der Waals surface area contributed by atoms with Gasteiger partial charge in [-0.15, -0.1) is 0 Å². The maximum absolute atomic E-state index is 3.72. The number of hydrogen-bond acceptors (Lipinski definition) is 4. The summed E-state index contributed by atoms with van der Waals surface area (Å²) < 4.78 is 0. The molecule has 0 aromatic carbocycles. The molecule has 0 aromatic heterocycles. The van der Waals surface area contributed by atoms with E-state index in [1.54, 1.807) is 0 Å². The van der Waals surface area contributed by atoms with E-state index in [1.807, 2.05) is 0 Å². The van der Waals surface area contributed by atoms with Crippen LogP contribution in [0.3, 0.4) is 0 Å². The topological polar surface area (TPSA) is 0 Å². The van der Waals surface area contributed by atoms with Crippen molar-refractivity contribution >= 4 is 91.9 Å². The summed E-state index contributed by atoms with van der Waals surface area (Å²) in [7, 11) is 2.66. The van der Waals surface area contributed by atoms with E-state index in [9.17, 15) is 0 Å². The van der Waals surface area contributed by atoms with E-state index in [4.69, 9.17) is 0 Å². The number of rotatable bonds is 1. The summed E-state index contributed by atoms with van der Waals surface area (Å²) in [5.41, 5.74) is 0. The predicted octanol–water partition coefficient (Wildman–Crippen LogP) is 1.14. The van der Waals surface area contributed by atoms with E-state index in [2.05, 4.69) is 23.3 Å². The Morgan fingerprint density at radius 3 is 1.20 bits per heavy atom. The molecule has 0 saturated heterocycles. The zero-order valence-electron chi connectivity index (χ0n) is 1.71. The van der Waals surface area contributed by atoms with E-state index in [0.29, 0.717) is 0 Å². The molecule has 0 radical (unpaired) electrons. The second-order valence-electron chi connectivity index (χ2n) is 0.149. The fourth-order valence-electron chi connectivity index (χ4n) is 0. The monoisotopic (exact) mass is 270 g/mol. The molecule has 30 valence electrons. The molecule has 0 atom stereocenters. The Labute approximate surface area is 89.7 Å². The first kappa shape index (κ1) is 10.9. The van der Waals surface area contributed by atoms with Crippen LogP contribution in [0.2, 0.25) is 0 Å². The van der Waals surface area contributed by atoms with Crippen molar-refractivity contribution in [2.24, 2.45) is 0 Å². The Hall–Kier alpha value is 2.97. The Bertz CT molecular complexity index is 5.61. The minimum absolute atomic E-state index is 0. The summed E-state index contributed by atoms with van der Waals surface area (Å²) in [4.78, 5) is 0. The summed E-state index contributed by atoms with van der Waals surface area (Å²) in [5, 5.41) is 0. The van der Waals surface area contributed by atoms with Gasteiger partial charge in [0, 0.05) is 0 Å². The van der Waals surface area contributed by atoms with E-state index in [0.717, 1.165) is 0 Å². The van der Waals surface area contributed by atoms with Gasteiger partial charge in [0.25, 0.3) is 0 Å². The average molecular weight is 270 g/mol. The zero-order valence-corrected chi connectivity index (χ0v) is 5.13. The third-order valence-corrected chi connectivity index (χ3v) is 2.70. The van der Waals surface area contributed by atoms with Crippen molar-refractivity contribution in [2.45, 2.75) is 0 Å². The quantitative estimate of drug-likeness (QED) is 0.416. The van der Waals surface area contributed by atoms with Crippen LogP contribution in [0.25, 0.3) is 0 Å². The molecule has 0 aliphatic rings. The molecule has 0 aliphatic heterocycles. The van der Waals surface area contributed by atoms with Crippen molar-refractivity contribution in [3.05, 3.63) is 0 Å². The molecule has 0 heterocycles. The Kier molecular flexibility index (Phi) is 21.9. The van der Waals surface area contributed by atoms with Gasteiger partial charge < -0.3 is 0 Å².